The highest BCUT2D eigenvalue weighted by molar-refractivity contribution is 7.15. The third kappa shape index (κ3) is 6.65. The first-order chi connectivity index (χ1) is 17.9. The number of aliphatic imine (C=N–C) groups is 1. The van der Waals surface area contributed by atoms with Crippen molar-refractivity contribution in [3.05, 3.63) is 58.9 Å². The normalized spacial score (nSPS) is 13.4. The number of amides is 1. The zero-order valence-corrected chi connectivity index (χ0v) is 20.8. The summed E-state index contributed by atoms with van der Waals surface area (Å²) in [5, 5.41) is 14.2. The molecule has 0 aliphatic heterocycles. The Morgan fingerprint density at radius 3 is 2.81 bits per heavy atom. The van der Waals surface area contributed by atoms with Crippen LogP contribution in [-0.2, 0) is 0 Å². The summed E-state index contributed by atoms with van der Waals surface area (Å²) in [4.78, 5) is 21.7. The maximum absolute atomic E-state index is 13.5. The fourth-order valence-corrected chi connectivity index (χ4v) is 3.80. The molecule has 0 saturated heterocycles. The highest BCUT2D eigenvalue weighted by Crippen LogP contribution is 2.37. The van der Waals surface area contributed by atoms with Crippen molar-refractivity contribution in [3.63, 3.8) is 0 Å². The number of amidine groups is 1. The summed E-state index contributed by atoms with van der Waals surface area (Å²) < 4.78 is 32.5. The zero-order chi connectivity index (χ0) is 26.4. The molecule has 1 fully saturated rings. The predicted octanol–water partition coefficient (Wildman–Crippen LogP) is 4.28. The Morgan fingerprint density at radius 1 is 1.30 bits per heavy atom. The summed E-state index contributed by atoms with van der Waals surface area (Å²) in [5.41, 5.74) is 6.30. The largest absolute Gasteiger partial charge is 0.496 e. The molecule has 9 nitrogen and oxygen atoms in total. The van der Waals surface area contributed by atoms with Crippen LogP contribution in [0.5, 0.6) is 5.75 Å². The van der Waals surface area contributed by atoms with Crippen molar-refractivity contribution in [2.24, 2.45) is 16.6 Å². The Balaban J connectivity index is 1.74. The molecule has 0 bridgehead atoms. The minimum Gasteiger partial charge on any atom is -0.496 e. The topological polar surface area (TPSA) is 127 Å². The molecule has 3 aromatic rings. The van der Waals surface area contributed by atoms with Crippen LogP contribution in [0, 0.1) is 17.8 Å². The van der Waals surface area contributed by atoms with Gasteiger partial charge in [-0.05, 0) is 55.3 Å². The second-order valence-corrected chi connectivity index (χ2v) is 8.89. The average molecular weight is 524 g/mol. The molecule has 1 saturated carbocycles. The van der Waals surface area contributed by atoms with Crippen LogP contribution in [0.3, 0.4) is 0 Å². The fourth-order valence-electron chi connectivity index (χ4n) is 3.20. The van der Waals surface area contributed by atoms with Crippen molar-refractivity contribution in [2.75, 3.05) is 19.5 Å². The first kappa shape index (κ1) is 25.7. The summed E-state index contributed by atoms with van der Waals surface area (Å²) in [6, 6.07) is 5.43. The first-order valence-corrected chi connectivity index (χ1v) is 12.0. The molecular weight excluding hydrogens is 500 g/mol. The van der Waals surface area contributed by atoms with Crippen LogP contribution in [0.2, 0.25) is 0 Å². The number of rotatable bonds is 8. The zero-order valence-electron chi connectivity index (χ0n) is 20.0. The molecule has 0 spiro atoms. The minimum atomic E-state index is -2.72. The molecule has 1 amide bonds. The molecule has 0 unspecified atom stereocenters. The quantitative estimate of drug-likeness (QED) is 0.228. The Hall–Kier alpha value is -4.37. The predicted molar refractivity (Wildman–Crippen MR) is 138 cm³/mol. The highest BCUT2D eigenvalue weighted by atomic mass is 32.1. The van der Waals surface area contributed by atoms with Gasteiger partial charge in [0.25, 0.3) is 12.3 Å². The van der Waals surface area contributed by atoms with Crippen LogP contribution in [0.4, 0.5) is 19.7 Å². The number of aromatic nitrogens is 3. The third-order valence-corrected chi connectivity index (χ3v) is 5.92. The molecule has 0 radical (unpaired) electrons. The van der Waals surface area contributed by atoms with Crippen molar-refractivity contribution < 1.29 is 18.3 Å². The van der Waals surface area contributed by atoms with Crippen molar-refractivity contribution in [2.45, 2.75) is 19.3 Å². The van der Waals surface area contributed by atoms with Crippen LogP contribution in [-0.4, -0.2) is 41.1 Å². The third-order valence-electron chi connectivity index (χ3n) is 5.17. The number of hydrogen-bond acceptors (Lipinski definition) is 8. The number of carbonyl (C=O) groups excluding carboxylic acids is 1. The van der Waals surface area contributed by atoms with E-state index < -0.39 is 12.3 Å². The number of pyridine rings is 1. The standard InChI is InChI=1S/C25H23F2N7O2S/c1-29-10-9-20(28)31-21-12-16(17-11-15(23(26)27)6-7-19(17)36-2)18(13-30-21)24(35)32-25-34-33-22(37-25)8-5-14-3-4-14/h6-7,9-14,23,29H,3-4H2,1-2H3,(H2,28,30,31)(H,32,34,35)/b10-9-. The van der Waals surface area contributed by atoms with Gasteiger partial charge in [0.05, 0.1) is 12.7 Å². The van der Waals surface area contributed by atoms with E-state index >= 15 is 0 Å². The van der Waals surface area contributed by atoms with Gasteiger partial charge in [-0.3, -0.25) is 10.1 Å². The lowest BCUT2D eigenvalue weighted by atomic mass is 9.98. The van der Waals surface area contributed by atoms with Gasteiger partial charge in [0.1, 0.15) is 11.6 Å². The Kier molecular flexibility index (Phi) is 8.05. The van der Waals surface area contributed by atoms with E-state index in [0.717, 1.165) is 24.2 Å². The molecule has 37 heavy (non-hydrogen) atoms. The van der Waals surface area contributed by atoms with E-state index in [1.54, 1.807) is 13.2 Å². The first-order valence-electron chi connectivity index (χ1n) is 11.2. The monoisotopic (exact) mass is 523 g/mol. The number of anilines is 1. The van der Waals surface area contributed by atoms with E-state index in [4.69, 9.17) is 10.5 Å². The lowest BCUT2D eigenvalue weighted by Gasteiger charge is -2.14. The van der Waals surface area contributed by atoms with Crippen LogP contribution in [0.25, 0.3) is 11.1 Å². The molecule has 1 aliphatic carbocycles. The number of nitrogens with two attached hydrogens (primary N) is 1. The Morgan fingerprint density at radius 2 is 2.11 bits per heavy atom. The molecule has 190 valence electrons. The summed E-state index contributed by atoms with van der Waals surface area (Å²) in [6.07, 6.45) is 3.85. The van der Waals surface area contributed by atoms with Crippen molar-refractivity contribution in [3.8, 4) is 28.7 Å². The summed E-state index contributed by atoms with van der Waals surface area (Å²) in [6.45, 7) is 0. The number of alkyl halides is 2. The number of hydrogen-bond donors (Lipinski definition) is 3. The molecule has 2 heterocycles. The van der Waals surface area contributed by atoms with E-state index in [1.165, 1.54) is 43.6 Å². The maximum atomic E-state index is 13.5. The summed E-state index contributed by atoms with van der Waals surface area (Å²) in [7, 11) is 3.11. The van der Waals surface area contributed by atoms with Crippen LogP contribution >= 0.6 is 11.3 Å². The second kappa shape index (κ2) is 11.6. The number of nitrogens with zero attached hydrogens (tertiary/aromatic N) is 4. The lowest BCUT2D eigenvalue weighted by Crippen LogP contribution is -2.14. The number of nitrogens with one attached hydrogen (secondary N) is 2. The van der Waals surface area contributed by atoms with Gasteiger partial charge in [-0.1, -0.05) is 17.3 Å². The molecular formula is C25H23F2N7O2S. The Labute approximate surface area is 215 Å². The van der Waals surface area contributed by atoms with E-state index in [2.05, 4.69) is 42.6 Å². The van der Waals surface area contributed by atoms with Gasteiger partial charge in [-0.25, -0.2) is 18.8 Å². The molecule has 12 heteroatoms. The number of benzene rings is 1. The number of halogens is 2. The van der Waals surface area contributed by atoms with Gasteiger partial charge in [-0.2, -0.15) is 0 Å². The van der Waals surface area contributed by atoms with Gasteiger partial charge in [0, 0.05) is 35.9 Å². The van der Waals surface area contributed by atoms with Gasteiger partial charge in [0.15, 0.2) is 10.8 Å². The van der Waals surface area contributed by atoms with Crippen LogP contribution in [0.1, 0.15) is 40.2 Å². The summed E-state index contributed by atoms with van der Waals surface area (Å²) in [5.74, 6) is 6.49. The van der Waals surface area contributed by atoms with Crippen LogP contribution < -0.4 is 21.1 Å². The van der Waals surface area contributed by atoms with Gasteiger partial charge >= 0.3 is 0 Å². The molecule has 0 atom stereocenters. The number of ether oxygens (including phenoxy) is 1. The molecule has 2 aromatic heterocycles. The van der Waals surface area contributed by atoms with Crippen molar-refractivity contribution >= 4 is 34.0 Å². The molecule has 1 aromatic carbocycles. The molecule has 4 N–H and O–H groups in total. The van der Waals surface area contributed by atoms with Gasteiger partial charge < -0.3 is 15.8 Å². The molecule has 4 rings (SSSR count). The smallest absolute Gasteiger partial charge is 0.263 e. The second-order valence-electron chi connectivity index (χ2n) is 7.92. The van der Waals surface area contributed by atoms with E-state index in [0.29, 0.717) is 10.9 Å². The SMILES string of the molecule is CN/C=C\C(N)=Nc1cc(-c2cc(C(F)F)ccc2OC)c(C(=O)Nc2nnc(C#CC3CC3)s2)cn1. The minimum absolute atomic E-state index is 0.0915. The lowest BCUT2D eigenvalue weighted by molar-refractivity contribution is 0.102. The van der Waals surface area contributed by atoms with Gasteiger partial charge in [-0.15, -0.1) is 10.2 Å². The van der Waals surface area contributed by atoms with Crippen LogP contribution in [0.15, 0.2) is 47.7 Å². The maximum Gasteiger partial charge on any atom is 0.263 e. The average Bonchev–Trinajstić information content (AvgIpc) is 3.63. The van der Waals surface area contributed by atoms with E-state index in [9.17, 15) is 13.6 Å². The van der Waals surface area contributed by atoms with Crippen molar-refractivity contribution in [1.29, 1.82) is 0 Å². The number of carbonyl (C=O) groups is 1. The van der Waals surface area contributed by atoms with E-state index in [1.807, 2.05) is 0 Å². The van der Waals surface area contributed by atoms with E-state index in [-0.39, 0.29) is 44.8 Å². The van der Waals surface area contributed by atoms with Gasteiger partial charge in [0.2, 0.25) is 5.13 Å². The molecule has 1 aliphatic rings. The number of methoxy groups -OCH3 is 1. The van der Waals surface area contributed by atoms with Crippen molar-refractivity contribution in [1.82, 2.24) is 20.5 Å². The summed E-state index contributed by atoms with van der Waals surface area (Å²) >= 11 is 1.14. The Bertz CT molecular complexity index is 1420. The fraction of sp³-hybridized carbons (Fsp3) is 0.240. The highest BCUT2D eigenvalue weighted by Gasteiger charge is 2.21.